The first kappa shape index (κ1) is 14.8. The van der Waals surface area contributed by atoms with Crippen molar-refractivity contribution in [1.82, 2.24) is 14.5 Å². The Hall–Kier alpha value is -1.62. The topological polar surface area (TPSA) is 47.1 Å². The molecule has 20 heavy (non-hydrogen) atoms. The van der Waals surface area contributed by atoms with Crippen LogP contribution in [0.4, 0.5) is 10.3 Å². The van der Waals surface area contributed by atoms with Gasteiger partial charge in [0.15, 0.2) is 0 Å². The van der Waals surface area contributed by atoms with Crippen molar-refractivity contribution in [2.24, 2.45) is 0 Å². The minimum Gasteiger partial charge on any atom is -0.369 e. The monoisotopic (exact) mass is 278 g/mol. The van der Waals surface area contributed by atoms with Crippen LogP contribution in [0, 0.1) is 5.82 Å². The number of fused-ring (bicyclic) bond motifs is 1. The standard InChI is InChI=1S/C15H23FN4/c1-10(2)19(11(3)4)7-8-20-14-9-12(16)5-6-13(14)18-15(20)17/h5-6,9-11H,7-8H2,1-4H3,(H2,17,18). The second-order valence-corrected chi connectivity index (χ2v) is 5.68. The van der Waals surface area contributed by atoms with E-state index in [1.807, 2.05) is 4.57 Å². The van der Waals surface area contributed by atoms with Gasteiger partial charge in [-0.05, 0) is 45.9 Å². The highest BCUT2D eigenvalue weighted by Crippen LogP contribution is 2.19. The number of hydrogen-bond acceptors (Lipinski definition) is 3. The Kier molecular flexibility index (Phi) is 4.28. The Bertz CT molecular complexity index is 581. The first-order valence-corrected chi connectivity index (χ1v) is 7.07. The van der Waals surface area contributed by atoms with Crippen LogP contribution in [-0.4, -0.2) is 33.1 Å². The molecular weight excluding hydrogens is 255 g/mol. The molecule has 0 saturated carbocycles. The second kappa shape index (κ2) is 5.79. The van der Waals surface area contributed by atoms with Crippen LogP contribution in [0.5, 0.6) is 0 Å². The van der Waals surface area contributed by atoms with E-state index in [0.717, 1.165) is 17.6 Å². The van der Waals surface area contributed by atoms with Crippen LogP contribution < -0.4 is 5.73 Å². The van der Waals surface area contributed by atoms with Crippen molar-refractivity contribution in [3.8, 4) is 0 Å². The summed E-state index contributed by atoms with van der Waals surface area (Å²) in [5.41, 5.74) is 7.45. The van der Waals surface area contributed by atoms with Gasteiger partial charge < -0.3 is 10.3 Å². The molecule has 0 radical (unpaired) electrons. The Morgan fingerprint density at radius 3 is 2.50 bits per heavy atom. The van der Waals surface area contributed by atoms with Gasteiger partial charge in [-0.15, -0.1) is 0 Å². The number of nitrogen functional groups attached to an aromatic ring is 1. The second-order valence-electron chi connectivity index (χ2n) is 5.68. The number of nitrogens with zero attached hydrogens (tertiary/aromatic N) is 3. The molecule has 2 rings (SSSR count). The predicted molar refractivity (Wildman–Crippen MR) is 81.1 cm³/mol. The van der Waals surface area contributed by atoms with E-state index in [0.29, 0.717) is 24.6 Å². The first-order valence-electron chi connectivity index (χ1n) is 7.07. The molecule has 0 unspecified atom stereocenters. The van der Waals surface area contributed by atoms with Crippen LogP contribution in [0.15, 0.2) is 18.2 Å². The van der Waals surface area contributed by atoms with Gasteiger partial charge in [-0.2, -0.15) is 0 Å². The molecule has 2 N–H and O–H groups in total. The third-order valence-electron chi connectivity index (χ3n) is 3.65. The molecule has 2 aromatic rings. The maximum absolute atomic E-state index is 13.4. The smallest absolute Gasteiger partial charge is 0.201 e. The molecule has 0 aliphatic heterocycles. The molecule has 0 fully saturated rings. The lowest BCUT2D eigenvalue weighted by Crippen LogP contribution is -2.39. The highest BCUT2D eigenvalue weighted by molar-refractivity contribution is 5.78. The van der Waals surface area contributed by atoms with Gasteiger partial charge in [0.05, 0.1) is 11.0 Å². The Morgan fingerprint density at radius 2 is 1.90 bits per heavy atom. The lowest BCUT2D eigenvalue weighted by molar-refractivity contribution is 0.169. The Balaban J connectivity index is 2.25. The number of benzene rings is 1. The third kappa shape index (κ3) is 2.93. The fourth-order valence-electron chi connectivity index (χ4n) is 2.68. The number of halogens is 1. The van der Waals surface area contributed by atoms with Crippen LogP contribution in [-0.2, 0) is 6.54 Å². The van der Waals surface area contributed by atoms with E-state index in [-0.39, 0.29) is 5.82 Å². The summed E-state index contributed by atoms with van der Waals surface area (Å²) in [5.74, 6) is 0.182. The van der Waals surface area contributed by atoms with E-state index < -0.39 is 0 Å². The molecule has 0 saturated heterocycles. The quantitative estimate of drug-likeness (QED) is 0.915. The van der Waals surface area contributed by atoms with Gasteiger partial charge in [0.1, 0.15) is 5.82 Å². The molecule has 0 bridgehead atoms. The first-order chi connectivity index (χ1) is 9.40. The normalized spacial score (nSPS) is 12.2. The summed E-state index contributed by atoms with van der Waals surface area (Å²) in [6, 6.07) is 5.49. The summed E-state index contributed by atoms with van der Waals surface area (Å²) in [5, 5.41) is 0. The molecule has 0 aliphatic rings. The fraction of sp³-hybridized carbons (Fsp3) is 0.533. The van der Waals surface area contributed by atoms with E-state index >= 15 is 0 Å². The SMILES string of the molecule is CC(C)N(CCn1c(N)nc2ccc(F)cc21)C(C)C. The highest BCUT2D eigenvalue weighted by atomic mass is 19.1. The zero-order valence-electron chi connectivity index (χ0n) is 12.6. The van der Waals surface area contributed by atoms with Crippen LogP contribution in [0.1, 0.15) is 27.7 Å². The molecule has 0 aliphatic carbocycles. The Labute approximate surface area is 119 Å². The molecule has 5 heteroatoms. The van der Waals surface area contributed by atoms with Crippen molar-refractivity contribution in [3.05, 3.63) is 24.0 Å². The largest absolute Gasteiger partial charge is 0.369 e. The third-order valence-corrected chi connectivity index (χ3v) is 3.65. The number of rotatable bonds is 5. The van der Waals surface area contributed by atoms with E-state index in [4.69, 9.17) is 5.73 Å². The minimum atomic E-state index is -0.261. The Morgan fingerprint density at radius 1 is 1.25 bits per heavy atom. The van der Waals surface area contributed by atoms with Crippen LogP contribution in [0.2, 0.25) is 0 Å². The number of hydrogen-bond donors (Lipinski definition) is 1. The number of aromatic nitrogens is 2. The van der Waals surface area contributed by atoms with Crippen LogP contribution in [0.25, 0.3) is 11.0 Å². The van der Waals surface area contributed by atoms with Crippen molar-refractivity contribution in [3.63, 3.8) is 0 Å². The predicted octanol–water partition coefficient (Wildman–Crippen LogP) is 2.88. The molecule has 0 spiro atoms. The van der Waals surface area contributed by atoms with Gasteiger partial charge in [-0.3, -0.25) is 4.90 Å². The van der Waals surface area contributed by atoms with E-state index in [1.54, 1.807) is 6.07 Å². The zero-order chi connectivity index (χ0) is 14.9. The molecule has 1 aromatic heterocycles. The summed E-state index contributed by atoms with van der Waals surface area (Å²) < 4.78 is 15.3. The molecule has 110 valence electrons. The van der Waals surface area contributed by atoms with Gasteiger partial charge in [-0.25, -0.2) is 9.37 Å². The van der Waals surface area contributed by atoms with Gasteiger partial charge in [0, 0.05) is 25.2 Å². The summed E-state index contributed by atoms with van der Waals surface area (Å²) in [6.07, 6.45) is 0. The lowest BCUT2D eigenvalue weighted by atomic mass is 10.2. The summed E-state index contributed by atoms with van der Waals surface area (Å²) in [4.78, 5) is 6.66. The van der Waals surface area contributed by atoms with E-state index in [1.165, 1.54) is 12.1 Å². The van der Waals surface area contributed by atoms with Crippen LogP contribution in [0.3, 0.4) is 0 Å². The van der Waals surface area contributed by atoms with Crippen LogP contribution >= 0.6 is 0 Å². The number of imidazole rings is 1. The minimum absolute atomic E-state index is 0.261. The maximum Gasteiger partial charge on any atom is 0.201 e. The van der Waals surface area contributed by atoms with Gasteiger partial charge in [0.25, 0.3) is 0 Å². The zero-order valence-corrected chi connectivity index (χ0v) is 12.6. The summed E-state index contributed by atoms with van der Waals surface area (Å²) in [6.45, 7) is 10.3. The maximum atomic E-state index is 13.4. The van der Waals surface area contributed by atoms with Crippen molar-refractivity contribution in [2.45, 2.75) is 46.3 Å². The highest BCUT2D eigenvalue weighted by Gasteiger charge is 2.15. The van der Waals surface area contributed by atoms with Crippen molar-refractivity contribution in [2.75, 3.05) is 12.3 Å². The molecule has 0 atom stereocenters. The molecule has 1 aromatic carbocycles. The lowest BCUT2D eigenvalue weighted by Gasteiger charge is -2.30. The fourth-order valence-corrected chi connectivity index (χ4v) is 2.68. The molecular formula is C15H23FN4. The van der Waals surface area contributed by atoms with E-state index in [9.17, 15) is 4.39 Å². The average molecular weight is 278 g/mol. The van der Waals surface area contributed by atoms with Gasteiger partial charge in [-0.1, -0.05) is 0 Å². The van der Waals surface area contributed by atoms with Gasteiger partial charge >= 0.3 is 0 Å². The van der Waals surface area contributed by atoms with E-state index in [2.05, 4.69) is 37.6 Å². The average Bonchev–Trinajstić information content (AvgIpc) is 2.65. The number of anilines is 1. The summed E-state index contributed by atoms with van der Waals surface area (Å²) in [7, 11) is 0. The van der Waals surface area contributed by atoms with Gasteiger partial charge in [0.2, 0.25) is 5.95 Å². The van der Waals surface area contributed by atoms with Crippen molar-refractivity contribution in [1.29, 1.82) is 0 Å². The molecule has 0 amide bonds. The van der Waals surface area contributed by atoms with Crippen molar-refractivity contribution < 1.29 is 4.39 Å². The van der Waals surface area contributed by atoms with Crippen molar-refractivity contribution >= 4 is 17.0 Å². The number of nitrogens with two attached hydrogens (primary N) is 1. The summed E-state index contributed by atoms with van der Waals surface area (Å²) >= 11 is 0. The molecule has 4 nitrogen and oxygen atoms in total. The molecule has 1 heterocycles.